The van der Waals surface area contributed by atoms with Crippen molar-refractivity contribution >= 4 is 17.2 Å². The van der Waals surface area contributed by atoms with Crippen LogP contribution in [-0.4, -0.2) is 53.1 Å². The number of rotatable bonds is 10. The monoisotopic (exact) mass is 505 g/mol. The number of aliphatic imine (C=N–C) groups is 1. The quantitative estimate of drug-likeness (QED) is 0.429. The van der Waals surface area contributed by atoms with E-state index in [1.165, 1.54) is 30.3 Å². The third-order valence-electron chi connectivity index (χ3n) is 6.00. The first kappa shape index (κ1) is 26.3. The molecule has 0 saturated carbocycles. The molecule has 0 aliphatic carbocycles. The number of benzene rings is 2. The van der Waals surface area contributed by atoms with Crippen LogP contribution in [-0.2, 0) is 11.2 Å². The van der Waals surface area contributed by atoms with E-state index in [4.69, 9.17) is 4.74 Å². The Labute approximate surface area is 214 Å². The molecule has 37 heavy (non-hydrogen) atoms. The molecule has 0 fully saturated rings. The maximum absolute atomic E-state index is 15.1. The first-order chi connectivity index (χ1) is 17.8. The molecule has 8 heteroatoms. The van der Waals surface area contributed by atoms with Gasteiger partial charge in [0.2, 0.25) is 0 Å². The fraction of sp³-hybridized carbons (Fsp3) is 0.276. The molecule has 0 saturated heterocycles. The Morgan fingerprint density at radius 3 is 2.57 bits per heavy atom. The lowest BCUT2D eigenvalue weighted by molar-refractivity contribution is -0.00923. The molecular formula is C29H29F2N3O3. The van der Waals surface area contributed by atoms with E-state index in [1.54, 1.807) is 36.5 Å². The Hall–Kier alpha value is -3.75. The first-order valence-corrected chi connectivity index (χ1v) is 12.1. The lowest BCUT2D eigenvalue weighted by atomic mass is 9.98. The average Bonchev–Trinajstić information content (AvgIpc) is 3.37. The van der Waals surface area contributed by atoms with Crippen molar-refractivity contribution in [1.29, 1.82) is 0 Å². The topological polar surface area (TPSA) is 83.8 Å². The number of hydrogen-bond donors (Lipinski definition) is 2. The Morgan fingerprint density at radius 1 is 1.08 bits per heavy atom. The van der Waals surface area contributed by atoms with Crippen LogP contribution in [0, 0.1) is 11.6 Å². The van der Waals surface area contributed by atoms with Gasteiger partial charge >= 0.3 is 0 Å². The van der Waals surface area contributed by atoms with Crippen molar-refractivity contribution in [2.75, 3.05) is 13.2 Å². The van der Waals surface area contributed by atoms with Crippen LogP contribution in [0.5, 0.6) is 0 Å². The summed E-state index contributed by atoms with van der Waals surface area (Å²) < 4.78 is 34.0. The molecule has 2 aromatic carbocycles. The molecule has 192 valence electrons. The summed E-state index contributed by atoms with van der Waals surface area (Å²) in [6.07, 6.45) is 2.49. The number of nitrogens with one attached hydrogen (secondary N) is 1. The van der Waals surface area contributed by atoms with Crippen molar-refractivity contribution in [3.63, 3.8) is 0 Å². The van der Waals surface area contributed by atoms with E-state index in [1.807, 2.05) is 19.9 Å². The number of aliphatic hydroxyl groups is 1. The van der Waals surface area contributed by atoms with Crippen molar-refractivity contribution in [3.05, 3.63) is 107 Å². The Kier molecular flexibility index (Phi) is 8.53. The molecule has 1 aromatic heterocycles. The average molecular weight is 506 g/mol. The van der Waals surface area contributed by atoms with Gasteiger partial charge in [0, 0.05) is 23.9 Å². The second kappa shape index (κ2) is 12.0. The number of carbonyl (C=O) groups is 1. The van der Waals surface area contributed by atoms with Crippen molar-refractivity contribution in [2.45, 2.75) is 38.5 Å². The molecule has 0 spiro atoms. The van der Waals surface area contributed by atoms with Crippen LogP contribution in [0.25, 0.3) is 5.57 Å². The fourth-order valence-corrected chi connectivity index (χ4v) is 4.07. The standard InChI is InChI=1S/C29H29F2N3O3/c1-18(2)37-17-27(35)25(15-22-6-3-4-13-32-22)34-29(36)23-7-5-8-24(31)28(23)26-14-20(16-33-26)19-9-11-21(30)12-10-19/h3-14,18,25,27,35H,15-17H2,1-2H3,(H,34,36)/t25-,27-/m1/s1. The number of carbonyl (C=O) groups excluding carboxylic acids is 1. The first-order valence-electron chi connectivity index (χ1n) is 12.1. The SMILES string of the molecule is CC(C)OC[C@@H](O)[C@@H](Cc1ccccn1)NC(=O)c1cccc(F)c1C1=NCC(c2ccc(F)cc2)=C1. The summed E-state index contributed by atoms with van der Waals surface area (Å²) in [4.78, 5) is 22.2. The lowest BCUT2D eigenvalue weighted by Gasteiger charge is -2.25. The predicted octanol–water partition coefficient (Wildman–Crippen LogP) is 4.37. The van der Waals surface area contributed by atoms with Gasteiger partial charge in [-0.05, 0) is 67.5 Å². The van der Waals surface area contributed by atoms with E-state index in [9.17, 15) is 14.3 Å². The highest BCUT2D eigenvalue weighted by molar-refractivity contribution is 6.19. The molecule has 2 atom stereocenters. The van der Waals surface area contributed by atoms with E-state index in [-0.39, 0.29) is 42.6 Å². The molecule has 2 N–H and O–H groups in total. The summed E-state index contributed by atoms with van der Waals surface area (Å²) in [5.74, 6) is -1.49. The third kappa shape index (κ3) is 6.72. The number of aliphatic hydroxyl groups excluding tert-OH is 1. The number of aromatic nitrogens is 1. The van der Waals surface area contributed by atoms with Crippen LogP contribution in [0.3, 0.4) is 0 Å². The van der Waals surface area contributed by atoms with Gasteiger partial charge in [-0.15, -0.1) is 0 Å². The maximum atomic E-state index is 15.1. The van der Waals surface area contributed by atoms with E-state index in [0.29, 0.717) is 11.4 Å². The molecule has 6 nitrogen and oxygen atoms in total. The second-order valence-corrected chi connectivity index (χ2v) is 9.09. The molecule has 1 amide bonds. The molecule has 4 rings (SSSR count). The Bertz CT molecular complexity index is 1290. The Morgan fingerprint density at radius 2 is 1.86 bits per heavy atom. The van der Waals surface area contributed by atoms with Crippen molar-refractivity contribution < 1.29 is 23.4 Å². The zero-order valence-electron chi connectivity index (χ0n) is 20.7. The molecular weight excluding hydrogens is 476 g/mol. The highest BCUT2D eigenvalue weighted by Gasteiger charge is 2.27. The van der Waals surface area contributed by atoms with Gasteiger partial charge in [-0.2, -0.15) is 0 Å². The largest absolute Gasteiger partial charge is 0.389 e. The minimum absolute atomic E-state index is 0.0158. The number of nitrogens with zero attached hydrogens (tertiary/aromatic N) is 2. The van der Waals surface area contributed by atoms with Crippen molar-refractivity contribution in [1.82, 2.24) is 10.3 Å². The minimum Gasteiger partial charge on any atom is -0.389 e. The maximum Gasteiger partial charge on any atom is 0.252 e. The van der Waals surface area contributed by atoms with Crippen LogP contribution in [0.15, 0.2) is 77.9 Å². The highest BCUT2D eigenvalue weighted by Crippen LogP contribution is 2.25. The zero-order chi connectivity index (χ0) is 26.4. The summed E-state index contributed by atoms with van der Waals surface area (Å²) in [5.41, 5.74) is 2.74. The van der Waals surface area contributed by atoms with Gasteiger partial charge in [0.1, 0.15) is 11.6 Å². The van der Waals surface area contributed by atoms with E-state index < -0.39 is 23.9 Å². The van der Waals surface area contributed by atoms with Crippen LogP contribution in [0.2, 0.25) is 0 Å². The summed E-state index contributed by atoms with van der Waals surface area (Å²) in [6, 6.07) is 14.9. The summed E-state index contributed by atoms with van der Waals surface area (Å²) in [6.45, 7) is 4.01. The third-order valence-corrected chi connectivity index (χ3v) is 6.00. The van der Waals surface area contributed by atoms with Crippen LogP contribution in [0.4, 0.5) is 8.78 Å². The molecule has 0 unspecified atom stereocenters. The van der Waals surface area contributed by atoms with Gasteiger partial charge in [0.25, 0.3) is 5.91 Å². The van der Waals surface area contributed by atoms with Gasteiger partial charge in [-0.1, -0.05) is 24.3 Å². The van der Waals surface area contributed by atoms with Gasteiger partial charge in [-0.3, -0.25) is 14.8 Å². The number of hydrogen-bond acceptors (Lipinski definition) is 5. The van der Waals surface area contributed by atoms with Crippen LogP contribution in [0.1, 0.15) is 41.0 Å². The molecule has 1 aliphatic heterocycles. The lowest BCUT2D eigenvalue weighted by Crippen LogP contribution is -2.47. The Balaban J connectivity index is 1.59. The predicted molar refractivity (Wildman–Crippen MR) is 138 cm³/mol. The molecule has 3 aromatic rings. The van der Waals surface area contributed by atoms with E-state index in [2.05, 4.69) is 15.3 Å². The van der Waals surface area contributed by atoms with Gasteiger partial charge in [-0.25, -0.2) is 8.78 Å². The summed E-state index contributed by atoms with van der Waals surface area (Å²) in [5, 5.41) is 13.7. The molecule has 2 heterocycles. The number of allylic oxidation sites excluding steroid dienone is 1. The summed E-state index contributed by atoms with van der Waals surface area (Å²) >= 11 is 0. The van der Waals surface area contributed by atoms with E-state index in [0.717, 1.165) is 11.1 Å². The van der Waals surface area contributed by atoms with Crippen LogP contribution >= 0.6 is 0 Å². The smallest absolute Gasteiger partial charge is 0.252 e. The second-order valence-electron chi connectivity index (χ2n) is 9.09. The molecule has 0 radical (unpaired) electrons. The molecule has 0 bridgehead atoms. The number of ether oxygens (including phenoxy) is 1. The number of amides is 1. The van der Waals surface area contributed by atoms with Crippen molar-refractivity contribution in [2.24, 2.45) is 4.99 Å². The van der Waals surface area contributed by atoms with E-state index >= 15 is 4.39 Å². The minimum atomic E-state index is -1.01. The molecule has 1 aliphatic rings. The van der Waals surface area contributed by atoms with Gasteiger partial charge in [0.15, 0.2) is 0 Å². The fourth-order valence-electron chi connectivity index (χ4n) is 4.07. The number of halogens is 2. The normalized spacial score (nSPS) is 14.8. The van der Waals surface area contributed by atoms with Crippen LogP contribution < -0.4 is 5.32 Å². The zero-order valence-corrected chi connectivity index (χ0v) is 20.7. The van der Waals surface area contributed by atoms with Gasteiger partial charge < -0.3 is 15.2 Å². The van der Waals surface area contributed by atoms with Gasteiger partial charge in [0.05, 0.1) is 42.7 Å². The summed E-state index contributed by atoms with van der Waals surface area (Å²) in [7, 11) is 0. The van der Waals surface area contributed by atoms with Crippen molar-refractivity contribution in [3.8, 4) is 0 Å². The highest BCUT2D eigenvalue weighted by atomic mass is 19.1. The number of pyridine rings is 1.